The van der Waals surface area contributed by atoms with Gasteiger partial charge in [-0.15, -0.1) is 0 Å². The molecular formula is C3H7N2O. The molecule has 4 N–H and O–H groups in total. The summed E-state index contributed by atoms with van der Waals surface area (Å²) in [6, 6.07) is -0.593. The first-order chi connectivity index (χ1) is 2.81. The highest BCUT2D eigenvalue weighted by molar-refractivity contribution is 5.58. The number of carbonyl (C=O) groups excluding carboxylic acids is 1. The maximum atomic E-state index is 9.41. The molecule has 0 spiro atoms. The van der Waals surface area contributed by atoms with Crippen LogP contribution in [0.25, 0.3) is 0 Å². The molecule has 0 amide bonds. The van der Waals surface area contributed by atoms with E-state index in [9.17, 15) is 4.79 Å². The quantitative estimate of drug-likeness (QED) is 0.425. The first-order valence-electron chi connectivity index (χ1n) is 1.64. The summed E-state index contributed by atoms with van der Waals surface area (Å²) in [5, 5.41) is 0. The van der Waals surface area contributed by atoms with Crippen LogP contribution in [0.1, 0.15) is 0 Å². The molecule has 6 heavy (non-hydrogen) atoms. The van der Waals surface area contributed by atoms with Gasteiger partial charge in [-0.25, -0.2) is 0 Å². The van der Waals surface area contributed by atoms with Crippen molar-refractivity contribution in [3.05, 3.63) is 0 Å². The topological polar surface area (TPSA) is 69.1 Å². The molecule has 0 aromatic carbocycles. The van der Waals surface area contributed by atoms with Gasteiger partial charge in [0.25, 0.3) is 0 Å². The van der Waals surface area contributed by atoms with Gasteiger partial charge < -0.3 is 11.5 Å². The first kappa shape index (κ1) is 5.59. The first-order valence-corrected chi connectivity index (χ1v) is 1.64. The van der Waals surface area contributed by atoms with Crippen LogP contribution in [-0.4, -0.2) is 18.9 Å². The van der Waals surface area contributed by atoms with E-state index in [1.807, 2.05) is 0 Å². The second-order valence-electron chi connectivity index (χ2n) is 0.960. The van der Waals surface area contributed by atoms with Gasteiger partial charge in [0.1, 0.15) is 0 Å². The van der Waals surface area contributed by atoms with E-state index in [2.05, 4.69) is 0 Å². The van der Waals surface area contributed by atoms with Gasteiger partial charge in [0.15, 0.2) is 0 Å². The van der Waals surface area contributed by atoms with Crippen molar-refractivity contribution >= 4 is 6.29 Å². The Morgan fingerprint density at radius 3 is 2.33 bits per heavy atom. The zero-order chi connectivity index (χ0) is 4.99. The fraction of sp³-hybridized carbons (Fsp3) is 0.667. The third-order valence-electron chi connectivity index (χ3n) is 0.405. The molecule has 3 heteroatoms. The Labute approximate surface area is 36.3 Å². The SMILES string of the molecule is NC[C@H](N)[C]=O. The lowest BCUT2D eigenvalue weighted by molar-refractivity contribution is 0.542. The van der Waals surface area contributed by atoms with Crippen LogP contribution in [-0.2, 0) is 4.79 Å². The summed E-state index contributed by atoms with van der Waals surface area (Å²) >= 11 is 0. The summed E-state index contributed by atoms with van der Waals surface area (Å²) in [6.07, 6.45) is 1.52. The Hall–Kier alpha value is -0.410. The van der Waals surface area contributed by atoms with Crippen molar-refractivity contribution in [2.45, 2.75) is 6.04 Å². The molecule has 0 aliphatic rings. The van der Waals surface area contributed by atoms with Gasteiger partial charge in [-0.1, -0.05) is 0 Å². The van der Waals surface area contributed by atoms with Gasteiger partial charge in [-0.05, 0) is 0 Å². The molecule has 0 unspecified atom stereocenters. The van der Waals surface area contributed by atoms with Crippen LogP contribution in [0.5, 0.6) is 0 Å². The average Bonchev–Trinajstić information content (AvgIpc) is 1.65. The van der Waals surface area contributed by atoms with E-state index in [1.165, 1.54) is 6.29 Å². The average molecular weight is 87.1 g/mol. The monoisotopic (exact) mass is 87.1 g/mol. The lowest BCUT2D eigenvalue weighted by atomic mass is 10.4. The molecule has 0 saturated carbocycles. The van der Waals surface area contributed by atoms with Crippen LogP contribution in [0.4, 0.5) is 0 Å². The predicted molar refractivity (Wildman–Crippen MR) is 22.7 cm³/mol. The molecule has 1 radical (unpaired) electrons. The van der Waals surface area contributed by atoms with E-state index < -0.39 is 6.04 Å². The summed E-state index contributed by atoms with van der Waals surface area (Å²) in [6.45, 7) is 0.184. The molecule has 0 saturated heterocycles. The van der Waals surface area contributed by atoms with Crippen LogP contribution in [0.2, 0.25) is 0 Å². The molecule has 0 fully saturated rings. The Bertz CT molecular complexity index is 46.1. The molecule has 0 aliphatic carbocycles. The maximum absolute atomic E-state index is 9.41. The maximum Gasteiger partial charge on any atom is 0.218 e. The second kappa shape index (κ2) is 2.81. The molecule has 35 valence electrons. The number of nitrogens with two attached hydrogens (primary N) is 2. The van der Waals surface area contributed by atoms with Crippen molar-refractivity contribution < 1.29 is 4.79 Å². The highest BCUT2D eigenvalue weighted by Gasteiger charge is 1.91. The Morgan fingerprint density at radius 2 is 2.33 bits per heavy atom. The van der Waals surface area contributed by atoms with E-state index in [0.29, 0.717) is 0 Å². The third kappa shape index (κ3) is 1.87. The van der Waals surface area contributed by atoms with E-state index >= 15 is 0 Å². The normalized spacial score (nSPS) is 13.7. The van der Waals surface area contributed by atoms with Gasteiger partial charge in [0.05, 0.1) is 6.04 Å². The van der Waals surface area contributed by atoms with Crippen molar-refractivity contribution in [1.29, 1.82) is 0 Å². The van der Waals surface area contributed by atoms with Crippen LogP contribution < -0.4 is 11.5 Å². The largest absolute Gasteiger partial charge is 0.328 e. The third-order valence-corrected chi connectivity index (χ3v) is 0.405. The van der Waals surface area contributed by atoms with Gasteiger partial charge in [0, 0.05) is 6.54 Å². The fourth-order valence-electron chi connectivity index (χ4n) is 0.0481. The summed E-state index contributed by atoms with van der Waals surface area (Å²) in [5.41, 5.74) is 9.82. The fourth-order valence-corrected chi connectivity index (χ4v) is 0.0481. The molecule has 0 aromatic heterocycles. The number of rotatable bonds is 2. The van der Waals surface area contributed by atoms with Crippen LogP contribution in [0.15, 0.2) is 0 Å². The van der Waals surface area contributed by atoms with Gasteiger partial charge in [-0.3, -0.25) is 4.79 Å². The minimum absolute atomic E-state index is 0.184. The highest BCUT2D eigenvalue weighted by Crippen LogP contribution is 1.56. The van der Waals surface area contributed by atoms with Crippen molar-refractivity contribution in [2.75, 3.05) is 6.54 Å². The zero-order valence-corrected chi connectivity index (χ0v) is 3.35. The lowest BCUT2D eigenvalue weighted by Gasteiger charge is -1.89. The Balaban J connectivity index is 2.96. The van der Waals surface area contributed by atoms with Gasteiger partial charge >= 0.3 is 0 Å². The molecule has 0 aliphatic heterocycles. The second-order valence-corrected chi connectivity index (χ2v) is 0.960. The van der Waals surface area contributed by atoms with E-state index in [4.69, 9.17) is 11.5 Å². The zero-order valence-electron chi connectivity index (χ0n) is 3.35. The molecule has 0 bridgehead atoms. The summed E-state index contributed by atoms with van der Waals surface area (Å²) in [4.78, 5) is 9.41. The predicted octanol–water partition coefficient (Wildman–Crippen LogP) is -1.62. The van der Waals surface area contributed by atoms with Crippen molar-refractivity contribution in [3.8, 4) is 0 Å². The number of hydrogen-bond acceptors (Lipinski definition) is 3. The Kier molecular flexibility index (Phi) is 2.62. The Morgan fingerprint density at radius 1 is 1.83 bits per heavy atom. The van der Waals surface area contributed by atoms with E-state index in [1.54, 1.807) is 0 Å². The van der Waals surface area contributed by atoms with Crippen LogP contribution in [0.3, 0.4) is 0 Å². The van der Waals surface area contributed by atoms with Crippen LogP contribution >= 0.6 is 0 Å². The van der Waals surface area contributed by atoms with E-state index in [-0.39, 0.29) is 6.54 Å². The van der Waals surface area contributed by atoms with Gasteiger partial charge in [0.2, 0.25) is 6.29 Å². The van der Waals surface area contributed by atoms with E-state index in [0.717, 1.165) is 0 Å². The standard InChI is InChI=1S/C3H7N2O/c4-1-3(5)2-6/h3H,1,4-5H2/t3-/m0/s1. The van der Waals surface area contributed by atoms with Crippen LogP contribution in [0, 0.1) is 0 Å². The lowest BCUT2D eigenvalue weighted by Crippen LogP contribution is -2.30. The number of hydrogen-bond donors (Lipinski definition) is 2. The smallest absolute Gasteiger partial charge is 0.218 e. The minimum Gasteiger partial charge on any atom is -0.328 e. The molecular weight excluding hydrogens is 80.0 g/mol. The molecule has 0 heterocycles. The van der Waals surface area contributed by atoms with Crippen molar-refractivity contribution in [2.24, 2.45) is 11.5 Å². The molecule has 1 atom stereocenters. The highest BCUT2D eigenvalue weighted by atomic mass is 16.1. The minimum atomic E-state index is -0.593. The van der Waals surface area contributed by atoms with Gasteiger partial charge in [-0.2, -0.15) is 0 Å². The molecule has 0 rings (SSSR count). The van der Waals surface area contributed by atoms with Crippen molar-refractivity contribution in [3.63, 3.8) is 0 Å². The molecule has 3 nitrogen and oxygen atoms in total. The summed E-state index contributed by atoms with van der Waals surface area (Å²) in [5.74, 6) is 0. The summed E-state index contributed by atoms with van der Waals surface area (Å²) in [7, 11) is 0. The van der Waals surface area contributed by atoms with Crippen molar-refractivity contribution in [1.82, 2.24) is 0 Å². The molecule has 0 aromatic rings. The summed E-state index contributed by atoms with van der Waals surface area (Å²) < 4.78 is 0.